The summed E-state index contributed by atoms with van der Waals surface area (Å²) in [5.41, 5.74) is 2.15. The van der Waals surface area contributed by atoms with Crippen molar-refractivity contribution in [2.24, 2.45) is 0 Å². The Morgan fingerprint density at radius 3 is 2.80 bits per heavy atom. The highest BCUT2D eigenvalue weighted by atomic mass is 32.1. The lowest BCUT2D eigenvalue weighted by Crippen LogP contribution is -2.48. The van der Waals surface area contributed by atoms with E-state index in [1.165, 1.54) is 17.0 Å². The molecule has 1 amide bonds. The number of thiophene rings is 1. The number of hydrogen-bond donors (Lipinski definition) is 1. The lowest BCUT2D eigenvalue weighted by atomic mass is 10.2. The van der Waals surface area contributed by atoms with Gasteiger partial charge in [-0.2, -0.15) is 0 Å². The van der Waals surface area contributed by atoms with Crippen molar-refractivity contribution >= 4 is 33.9 Å². The molecule has 0 aliphatic carbocycles. The Morgan fingerprint density at radius 2 is 2.00 bits per heavy atom. The molecule has 130 valence electrons. The predicted molar refractivity (Wildman–Crippen MR) is 102 cm³/mol. The van der Waals surface area contributed by atoms with Gasteiger partial charge in [-0.1, -0.05) is 18.2 Å². The van der Waals surface area contributed by atoms with Crippen molar-refractivity contribution in [2.45, 2.75) is 0 Å². The smallest absolute Gasteiger partial charge is 0.261 e. The fourth-order valence-corrected chi connectivity index (χ4v) is 3.90. The first-order valence-electron chi connectivity index (χ1n) is 8.56. The molecule has 5 nitrogen and oxygen atoms in total. The second kappa shape index (κ2) is 7.29. The number of fused-ring (bicyclic) bond motifs is 1. The molecular formula is C19H21N3O2S. The third kappa shape index (κ3) is 3.55. The van der Waals surface area contributed by atoms with Crippen LogP contribution in [0.25, 0.3) is 11.0 Å². The zero-order valence-electron chi connectivity index (χ0n) is 14.0. The Kier molecular flexibility index (Phi) is 4.72. The second-order valence-corrected chi connectivity index (χ2v) is 7.13. The number of piperazine rings is 1. The van der Waals surface area contributed by atoms with Crippen LogP contribution in [0.15, 0.2) is 52.5 Å². The number of amides is 1. The van der Waals surface area contributed by atoms with Crippen molar-refractivity contribution in [1.29, 1.82) is 0 Å². The molecule has 2 aromatic heterocycles. The Balaban J connectivity index is 1.27. The first-order chi connectivity index (χ1) is 12.3. The van der Waals surface area contributed by atoms with Crippen LogP contribution in [0.4, 0.5) is 5.69 Å². The van der Waals surface area contributed by atoms with Gasteiger partial charge in [0.1, 0.15) is 0 Å². The number of carbonyl (C=O) groups excluding carboxylic acids is 1. The summed E-state index contributed by atoms with van der Waals surface area (Å²) in [6.07, 6.45) is 1.75. The Bertz CT molecular complexity index is 835. The monoisotopic (exact) mass is 355 g/mol. The first kappa shape index (κ1) is 16.2. The van der Waals surface area contributed by atoms with Crippen molar-refractivity contribution in [2.75, 3.05) is 44.2 Å². The van der Waals surface area contributed by atoms with E-state index < -0.39 is 0 Å². The van der Waals surface area contributed by atoms with Crippen LogP contribution in [-0.4, -0.2) is 50.1 Å². The third-order valence-electron chi connectivity index (χ3n) is 4.63. The molecule has 1 saturated heterocycles. The van der Waals surface area contributed by atoms with E-state index in [9.17, 15) is 4.79 Å². The maximum absolute atomic E-state index is 11.9. The zero-order chi connectivity index (χ0) is 17.1. The molecule has 0 saturated carbocycles. The van der Waals surface area contributed by atoms with Gasteiger partial charge in [0, 0.05) is 44.7 Å². The normalized spacial score (nSPS) is 15.6. The largest absolute Gasteiger partial charge is 0.462 e. The fourth-order valence-electron chi connectivity index (χ4n) is 3.26. The number of carbonyl (C=O) groups is 1. The maximum atomic E-state index is 11.9. The van der Waals surface area contributed by atoms with E-state index in [0.717, 1.165) is 48.6 Å². The van der Waals surface area contributed by atoms with E-state index in [2.05, 4.69) is 33.3 Å². The molecule has 1 aromatic carbocycles. The summed E-state index contributed by atoms with van der Waals surface area (Å²) in [6.45, 7) is 5.50. The summed E-state index contributed by atoms with van der Waals surface area (Å²) in [6, 6.07) is 12.1. The minimum atomic E-state index is 0.0260. The molecule has 1 aliphatic heterocycles. The van der Waals surface area contributed by atoms with Crippen LogP contribution in [0.2, 0.25) is 0 Å². The van der Waals surface area contributed by atoms with Gasteiger partial charge >= 0.3 is 0 Å². The summed E-state index contributed by atoms with van der Waals surface area (Å²) < 4.78 is 5.65. The van der Waals surface area contributed by atoms with E-state index in [1.807, 2.05) is 23.6 Å². The van der Waals surface area contributed by atoms with Gasteiger partial charge in [0.2, 0.25) is 0 Å². The lowest BCUT2D eigenvalue weighted by Gasteiger charge is -2.36. The molecule has 0 atom stereocenters. The van der Waals surface area contributed by atoms with Gasteiger partial charge in [0.15, 0.2) is 5.58 Å². The van der Waals surface area contributed by atoms with E-state index >= 15 is 0 Å². The van der Waals surface area contributed by atoms with Gasteiger partial charge in [0.25, 0.3) is 5.91 Å². The van der Waals surface area contributed by atoms with Crippen LogP contribution in [0.3, 0.4) is 0 Å². The summed E-state index contributed by atoms with van der Waals surface area (Å²) in [5, 5.41) is 6.07. The van der Waals surface area contributed by atoms with Crippen molar-refractivity contribution in [3.63, 3.8) is 0 Å². The number of anilines is 1. The lowest BCUT2D eigenvalue weighted by molar-refractivity contribution is 0.0952. The average molecular weight is 355 g/mol. The molecule has 0 unspecified atom stereocenters. The minimum absolute atomic E-state index is 0.0260. The topological polar surface area (TPSA) is 48.7 Å². The number of rotatable bonds is 5. The van der Waals surface area contributed by atoms with Gasteiger partial charge in [-0.15, -0.1) is 11.3 Å². The van der Waals surface area contributed by atoms with Crippen LogP contribution in [0.1, 0.15) is 9.67 Å². The average Bonchev–Trinajstić information content (AvgIpc) is 3.33. The standard InChI is InChI=1S/C19H21N3O2S/c23-19(17-5-2-14-25-17)20-7-8-21-9-11-22(12-10-21)16-4-1-3-15-6-13-24-18(15)16/h1-6,13-14H,7-12H2,(H,20,23). The Hall–Kier alpha value is -2.31. The number of benzene rings is 1. The Labute approximate surface area is 150 Å². The molecule has 3 heterocycles. The number of hydrogen-bond acceptors (Lipinski definition) is 5. The molecule has 4 rings (SSSR count). The van der Waals surface area contributed by atoms with Crippen LogP contribution >= 0.6 is 11.3 Å². The Morgan fingerprint density at radius 1 is 1.12 bits per heavy atom. The summed E-state index contributed by atoms with van der Waals surface area (Å²) in [4.78, 5) is 17.5. The van der Waals surface area contributed by atoms with Crippen molar-refractivity contribution in [1.82, 2.24) is 10.2 Å². The van der Waals surface area contributed by atoms with Crippen molar-refractivity contribution in [3.05, 3.63) is 52.9 Å². The van der Waals surface area contributed by atoms with Crippen molar-refractivity contribution < 1.29 is 9.21 Å². The van der Waals surface area contributed by atoms with Crippen LogP contribution in [0, 0.1) is 0 Å². The molecule has 0 radical (unpaired) electrons. The summed E-state index contributed by atoms with van der Waals surface area (Å²) in [7, 11) is 0. The van der Waals surface area contributed by atoms with Crippen LogP contribution in [-0.2, 0) is 0 Å². The van der Waals surface area contributed by atoms with E-state index in [1.54, 1.807) is 6.26 Å². The molecule has 1 fully saturated rings. The molecule has 0 bridgehead atoms. The molecule has 25 heavy (non-hydrogen) atoms. The maximum Gasteiger partial charge on any atom is 0.261 e. The molecule has 3 aromatic rings. The molecule has 1 N–H and O–H groups in total. The third-order valence-corrected chi connectivity index (χ3v) is 5.50. The minimum Gasteiger partial charge on any atom is -0.462 e. The molecule has 6 heteroatoms. The van der Waals surface area contributed by atoms with Gasteiger partial charge in [0.05, 0.1) is 16.8 Å². The number of nitrogens with zero attached hydrogens (tertiary/aromatic N) is 2. The second-order valence-electron chi connectivity index (χ2n) is 6.18. The van der Waals surface area contributed by atoms with Crippen LogP contribution < -0.4 is 10.2 Å². The zero-order valence-corrected chi connectivity index (χ0v) is 14.8. The summed E-state index contributed by atoms with van der Waals surface area (Å²) >= 11 is 1.48. The highest BCUT2D eigenvalue weighted by Gasteiger charge is 2.19. The number of para-hydroxylation sites is 1. The van der Waals surface area contributed by atoms with Gasteiger partial charge in [-0.25, -0.2) is 0 Å². The van der Waals surface area contributed by atoms with Crippen molar-refractivity contribution in [3.8, 4) is 0 Å². The van der Waals surface area contributed by atoms with Gasteiger partial charge in [-0.05, 0) is 23.6 Å². The highest BCUT2D eigenvalue weighted by molar-refractivity contribution is 7.12. The summed E-state index contributed by atoms with van der Waals surface area (Å²) in [5.74, 6) is 0.0260. The predicted octanol–water partition coefficient (Wildman–Crippen LogP) is 3.05. The molecular weight excluding hydrogens is 334 g/mol. The SMILES string of the molecule is O=C(NCCN1CCN(c2cccc3ccoc23)CC1)c1cccs1. The fraction of sp³-hybridized carbons (Fsp3) is 0.316. The van der Waals surface area contributed by atoms with E-state index in [0.29, 0.717) is 6.54 Å². The quantitative estimate of drug-likeness (QED) is 0.764. The number of furan rings is 1. The first-order valence-corrected chi connectivity index (χ1v) is 9.44. The van der Waals surface area contributed by atoms with Crippen LogP contribution in [0.5, 0.6) is 0 Å². The number of nitrogens with one attached hydrogen (secondary N) is 1. The molecule has 0 spiro atoms. The van der Waals surface area contributed by atoms with Gasteiger partial charge in [-0.3, -0.25) is 9.69 Å². The highest BCUT2D eigenvalue weighted by Crippen LogP contribution is 2.28. The van der Waals surface area contributed by atoms with E-state index in [4.69, 9.17) is 4.42 Å². The molecule has 1 aliphatic rings. The van der Waals surface area contributed by atoms with Gasteiger partial charge < -0.3 is 14.6 Å². The van der Waals surface area contributed by atoms with E-state index in [-0.39, 0.29) is 5.91 Å².